The van der Waals surface area contributed by atoms with Crippen LogP contribution in [0.5, 0.6) is 0 Å². The van der Waals surface area contributed by atoms with Crippen molar-refractivity contribution in [3.8, 4) is 0 Å². The number of benzene rings is 1. The van der Waals surface area contributed by atoms with Crippen molar-refractivity contribution in [3.63, 3.8) is 0 Å². The summed E-state index contributed by atoms with van der Waals surface area (Å²) in [6.07, 6.45) is 1.94. The average molecular weight is 483 g/mol. The molecule has 2 unspecified atom stereocenters. The van der Waals surface area contributed by atoms with Gasteiger partial charge in [0.05, 0.1) is 10.6 Å². The number of sulfonamides is 2. The first-order valence-corrected chi connectivity index (χ1v) is 14.0. The van der Waals surface area contributed by atoms with Crippen LogP contribution in [0, 0.1) is 16.7 Å². The Morgan fingerprint density at radius 1 is 1.00 bits per heavy atom. The van der Waals surface area contributed by atoms with Gasteiger partial charge in [-0.3, -0.25) is 9.59 Å². The summed E-state index contributed by atoms with van der Waals surface area (Å²) in [5.74, 6) is -0.0504. The molecule has 0 aromatic heterocycles. The summed E-state index contributed by atoms with van der Waals surface area (Å²) >= 11 is 0. The molecule has 0 amide bonds. The third kappa shape index (κ3) is 3.55. The number of carbonyl (C=O) groups is 2. The van der Waals surface area contributed by atoms with E-state index in [1.54, 1.807) is 0 Å². The molecule has 1 aromatic rings. The summed E-state index contributed by atoms with van der Waals surface area (Å²) in [4.78, 5) is 24.3. The van der Waals surface area contributed by atoms with Gasteiger partial charge in [-0.1, -0.05) is 26.0 Å². The molecule has 32 heavy (non-hydrogen) atoms. The third-order valence-corrected chi connectivity index (χ3v) is 12.0. The van der Waals surface area contributed by atoms with Gasteiger partial charge in [-0.15, -0.1) is 0 Å². The standard InChI is InChI=1S/C22H30N2O6S2/c1-16(25)17-4-6-19(7-5-17)32(29,30)24-12-10-23(11-13-24)31(27,28)15-22-9-8-18(14-20(22)26)21(22,2)3/h4-7,18H,8-15H2,1-3H3. The molecule has 3 fully saturated rings. The summed E-state index contributed by atoms with van der Waals surface area (Å²) in [7, 11) is -7.50. The maximum absolute atomic E-state index is 13.3. The molecule has 176 valence electrons. The van der Waals surface area contributed by atoms with Crippen molar-refractivity contribution in [2.75, 3.05) is 31.9 Å². The van der Waals surface area contributed by atoms with Gasteiger partial charge in [0, 0.05) is 43.6 Å². The van der Waals surface area contributed by atoms with Crippen LogP contribution in [0.3, 0.4) is 0 Å². The molecule has 10 heteroatoms. The molecule has 2 bridgehead atoms. The molecule has 1 heterocycles. The Morgan fingerprint density at radius 3 is 2.03 bits per heavy atom. The maximum atomic E-state index is 13.3. The zero-order valence-corrected chi connectivity index (χ0v) is 20.3. The zero-order valence-electron chi connectivity index (χ0n) is 18.7. The van der Waals surface area contributed by atoms with Gasteiger partial charge in [0.25, 0.3) is 0 Å². The maximum Gasteiger partial charge on any atom is 0.243 e. The molecule has 4 rings (SSSR count). The first kappa shape index (κ1) is 23.5. The molecule has 2 aliphatic carbocycles. The molecular formula is C22H30N2O6S2. The lowest BCUT2D eigenvalue weighted by Gasteiger charge is -2.39. The van der Waals surface area contributed by atoms with Crippen LogP contribution in [-0.2, 0) is 24.8 Å². The molecule has 0 spiro atoms. The summed E-state index contributed by atoms with van der Waals surface area (Å²) in [5.41, 5.74) is -0.746. The number of rotatable bonds is 6. The highest BCUT2D eigenvalue weighted by Crippen LogP contribution is 2.64. The van der Waals surface area contributed by atoms with E-state index in [9.17, 15) is 26.4 Å². The SMILES string of the molecule is CC(=O)c1ccc(S(=O)(=O)N2CCN(S(=O)(=O)CC34CCC(CC3=O)C4(C)C)CC2)cc1. The minimum absolute atomic E-state index is 0.0446. The van der Waals surface area contributed by atoms with E-state index < -0.39 is 25.5 Å². The van der Waals surface area contributed by atoms with E-state index in [1.165, 1.54) is 39.8 Å². The molecular weight excluding hydrogens is 452 g/mol. The van der Waals surface area contributed by atoms with Crippen LogP contribution in [0.15, 0.2) is 29.2 Å². The number of hydrogen-bond donors (Lipinski definition) is 0. The van der Waals surface area contributed by atoms with E-state index in [1.807, 2.05) is 13.8 Å². The molecule has 3 aliphatic rings. The van der Waals surface area contributed by atoms with Gasteiger partial charge in [-0.25, -0.2) is 16.8 Å². The number of carbonyl (C=O) groups excluding carboxylic acids is 2. The number of nitrogens with zero attached hydrogens (tertiary/aromatic N) is 2. The van der Waals surface area contributed by atoms with E-state index in [4.69, 9.17) is 0 Å². The lowest BCUT2D eigenvalue weighted by atomic mass is 9.70. The Hall–Kier alpha value is -1.62. The van der Waals surface area contributed by atoms with Crippen LogP contribution in [0.1, 0.15) is 50.4 Å². The highest BCUT2D eigenvalue weighted by molar-refractivity contribution is 7.89. The van der Waals surface area contributed by atoms with E-state index in [2.05, 4.69) is 0 Å². The lowest BCUT2D eigenvalue weighted by molar-refractivity contribution is -0.128. The second kappa shape index (κ2) is 7.72. The number of hydrogen-bond acceptors (Lipinski definition) is 6. The highest BCUT2D eigenvalue weighted by Gasteiger charge is 2.65. The lowest BCUT2D eigenvalue weighted by Crippen LogP contribution is -2.53. The van der Waals surface area contributed by atoms with Crippen molar-refractivity contribution >= 4 is 31.6 Å². The number of ketones is 2. The summed E-state index contributed by atoms with van der Waals surface area (Å²) in [6.45, 7) is 5.63. The van der Waals surface area contributed by atoms with Crippen LogP contribution in [0.4, 0.5) is 0 Å². The molecule has 1 saturated heterocycles. The van der Waals surface area contributed by atoms with Crippen molar-refractivity contribution in [1.82, 2.24) is 8.61 Å². The van der Waals surface area contributed by atoms with Crippen molar-refractivity contribution in [2.24, 2.45) is 16.7 Å². The monoisotopic (exact) mass is 482 g/mol. The van der Waals surface area contributed by atoms with Crippen LogP contribution < -0.4 is 0 Å². The number of Topliss-reactive ketones (excluding diaryl/α,β-unsaturated/α-hetero) is 2. The van der Waals surface area contributed by atoms with Crippen molar-refractivity contribution < 1.29 is 26.4 Å². The Bertz CT molecular complexity index is 1150. The molecule has 2 atom stereocenters. The van der Waals surface area contributed by atoms with Gasteiger partial charge in [0.2, 0.25) is 20.0 Å². The van der Waals surface area contributed by atoms with E-state index >= 15 is 0 Å². The quantitative estimate of drug-likeness (QED) is 0.573. The smallest absolute Gasteiger partial charge is 0.243 e. The fourth-order valence-corrected chi connectivity index (χ4v) is 9.33. The molecule has 2 saturated carbocycles. The minimum Gasteiger partial charge on any atom is -0.299 e. The minimum atomic E-state index is -3.79. The van der Waals surface area contributed by atoms with Gasteiger partial charge in [-0.2, -0.15) is 8.61 Å². The summed E-state index contributed by atoms with van der Waals surface area (Å²) < 4.78 is 55.1. The summed E-state index contributed by atoms with van der Waals surface area (Å²) in [5, 5.41) is 0. The fraction of sp³-hybridized carbons (Fsp3) is 0.636. The highest BCUT2D eigenvalue weighted by atomic mass is 32.2. The third-order valence-electron chi connectivity index (χ3n) is 8.06. The van der Waals surface area contributed by atoms with Crippen molar-refractivity contribution in [1.29, 1.82) is 0 Å². The van der Waals surface area contributed by atoms with Gasteiger partial charge in [0.1, 0.15) is 5.78 Å². The Balaban J connectivity index is 1.46. The molecule has 1 aliphatic heterocycles. The van der Waals surface area contributed by atoms with Crippen LogP contribution >= 0.6 is 0 Å². The van der Waals surface area contributed by atoms with E-state index in [0.717, 1.165) is 6.42 Å². The molecule has 8 nitrogen and oxygen atoms in total. The topological polar surface area (TPSA) is 109 Å². The number of fused-ring (bicyclic) bond motifs is 2. The van der Waals surface area contributed by atoms with Crippen LogP contribution in [0.2, 0.25) is 0 Å². The van der Waals surface area contributed by atoms with Crippen LogP contribution in [0.25, 0.3) is 0 Å². The van der Waals surface area contributed by atoms with Gasteiger partial charge in [-0.05, 0) is 43.2 Å². The Morgan fingerprint density at radius 2 is 1.56 bits per heavy atom. The largest absolute Gasteiger partial charge is 0.299 e. The Labute approximate surface area is 190 Å². The fourth-order valence-electron chi connectivity index (χ4n) is 5.71. The predicted octanol–water partition coefficient (Wildman–Crippen LogP) is 1.92. The van der Waals surface area contributed by atoms with Crippen LogP contribution in [-0.4, -0.2) is 68.9 Å². The molecule has 0 N–H and O–H groups in total. The predicted molar refractivity (Wildman–Crippen MR) is 119 cm³/mol. The van der Waals surface area contributed by atoms with Gasteiger partial charge in [0.15, 0.2) is 5.78 Å². The normalized spacial score (nSPS) is 28.8. The average Bonchev–Trinajstić information content (AvgIpc) is 3.08. The first-order chi connectivity index (χ1) is 14.8. The number of piperazine rings is 1. The van der Waals surface area contributed by atoms with E-state index in [-0.39, 0.29) is 59.7 Å². The Kier molecular flexibility index (Phi) is 5.67. The molecule has 1 aromatic carbocycles. The van der Waals surface area contributed by atoms with Gasteiger partial charge < -0.3 is 0 Å². The summed E-state index contributed by atoms with van der Waals surface area (Å²) in [6, 6.07) is 5.76. The second-order valence-corrected chi connectivity index (χ2v) is 13.7. The van der Waals surface area contributed by atoms with Crippen molar-refractivity contribution in [3.05, 3.63) is 29.8 Å². The molecule has 0 radical (unpaired) electrons. The van der Waals surface area contributed by atoms with Gasteiger partial charge >= 0.3 is 0 Å². The second-order valence-electron chi connectivity index (χ2n) is 9.81. The van der Waals surface area contributed by atoms with Crippen molar-refractivity contribution in [2.45, 2.75) is 44.9 Å². The van der Waals surface area contributed by atoms with E-state index in [0.29, 0.717) is 18.4 Å². The first-order valence-electron chi connectivity index (χ1n) is 10.9. The zero-order chi connectivity index (χ0) is 23.5.